The summed E-state index contributed by atoms with van der Waals surface area (Å²) in [5, 5.41) is 17.4. The van der Waals surface area contributed by atoms with Gasteiger partial charge in [0.05, 0.1) is 5.69 Å². The monoisotopic (exact) mass is 251 g/mol. The minimum Gasteiger partial charge on any atom is -0.396 e. The van der Waals surface area contributed by atoms with Crippen molar-refractivity contribution in [3.63, 3.8) is 0 Å². The third-order valence-electron chi connectivity index (χ3n) is 4.34. The molecule has 0 amide bonds. The smallest absolute Gasteiger partial charge is 0.0547 e. The van der Waals surface area contributed by atoms with Gasteiger partial charge in [-0.15, -0.1) is 0 Å². The first-order valence-electron chi connectivity index (χ1n) is 6.99. The second kappa shape index (κ2) is 5.85. The highest BCUT2D eigenvalue weighted by Gasteiger charge is 2.31. The molecule has 1 aliphatic rings. The van der Waals surface area contributed by atoms with E-state index in [4.69, 9.17) is 0 Å². The SMILES string of the molecule is CC(NCC1(CO)CCCCC1)c1ccnn1C. The summed E-state index contributed by atoms with van der Waals surface area (Å²) in [7, 11) is 1.97. The number of hydrogen-bond acceptors (Lipinski definition) is 3. The Kier molecular flexibility index (Phi) is 4.40. The minimum atomic E-state index is 0.102. The maximum atomic E-state index is 9.68. The third-order valence-corrected chi connectivity index (χ3v) is 4.34. The van der Waals surface area contributed by atoms with Gasteiger partial charge in [-0.25, -0.2) is 0 Å². The fraction of sp³-hybridized carbons (Fsp3) is 0.786. The molecule has 0 radical (unpaired) electrons. The molecule has 0 aromatic carbocycles. The van der Waals surface area contributed by atoms with Crippen molar-refractivity contribution in [1.29, 1.82) is 0 Å². The van der Waals surface area contributed by atoms with Gasteiger partial charge in [0.1, 0.15) is 0 Å². The molecule has 4 nitrogen and oxygen atoms in total. The van der Waals surface area contributed by atoms with Crippen LogP contribution in [0.25, 0.3) is 0 Å². The summed E-state index contributed by atoms with van der Waals surface area (Å²) in [4.78, 5) is 0. The van der Waals surface area contributed by atoms with Crippen LogP contribution in [0.15, 0.2) is 12.3 Å². The Morgan fingerprint density at radius 1 is 1.44 bits per heavy atom. The average molecular weight is 251 g/mol. The number of aromatic nitrogens is 2. The Balaban J connectivity index is 1.92. The number of rotatable bonds is 5. The van der Waals surface area contributed by atoms with Crippen LogP contribution in [0, 0.1) is 5.41 Å². The molecule has 2 N–H and O–H groups in total. The van der Waals surface area contributed by atoms with Crippen molar-refractivity contribution in [1.82, 2.24) is 15.1 Å². The maximum absolute atomic E-state index is 9.68. The quantitative estimate of drug-likeness (QED) is 0.841. The van der Waals surface area contributed by atoms with E-state index >= 15 is 0 Å². The maximum Gasteiger partial charge on any atom is 0.0547 e. The Labute approximate surface area is 109 Å². The molecule has 2 rings (SSSR count). The minimum absolute atomic E-state index is 0.102. The van der Waals surface area contributed by atoms with Gasteiger partial charge >= 0.3 is 0 Å². The molecule has 1 saturated carbocycles. The molecular formula is C14H25N3O. The van der Waals surface area contributed by atoms with Gasteiger partial charge in [0.15, 0.2) is 0 Å². The molecule has 0 aliphatic heterocycles. The van der Waals surface area contributed by atoms with Crippen molar-refractivity contribution in [2.24, 2.45) is 12.5 Å². The molecule has 1 aliphatic carbocycles. The molecular weight excluding hydrogens is 226 g/mol. The Morgan fingerprint density at radius 2 is 2.17 bits per heavy atom. The molecule has 0 saturated heterocycles. The van der Waals surface area contributed by atoms with Crippen LogP contribution in [0.3, 0.4) is 0 Å². The summed E-state index contributed by atoms with van der Waals surface area (Å²) in [6.07, 6.45) is 7.95. The first-order valence-corrected chi connectivity index (χ1v) is 6.99. The zero-order chi connectivity index (χ0) is 13.0. The number of nitrogens with one attached hydrogen (secondary N) is 1. The highest BCUT2D eigenvalue weighted by Crippen LogP contribution is 2.35. The molecule has 18 heavy (non-hydrogen) atoms. The summed E-state index contributed by atoms with van der Waals surface area (Å²) in [6, 6.07) is 2.33. The number of nitrogens with zero attached hydrogens (tertiary/aromatic N) is 2. The van der Waals surface area contributed by atoms with Gasteiger partial charge in [0.2, 0.25) is 0 Å². The molecule has 1 fully saturated rings. The molecule has 0 bridgehead atoms. The summed E-state index contributed by atoms with van der Waals surface area (Å²) >= 11 is 0. The zero-order valence-corrected chi connectivity index (χ0v) is 11.5. The topological polar surface area (TPSA) is 50.1 Å². The van der Waals surface area contributed by atoms with Crippen LogP contribution >= 0.6 is 0 Å². The Morgan fingerprint density at radius 3 is 2.72 bits per heavy atom. The molecule has 0 spiro atoms. The lowest BCUT2D eigenvalue weighted by Gasteiger charge is -2.36. The van der Waals surface area contributed by atoms with Gasteiger partial charge in [0, 0.05) is 37.9 Å². The number of hydrogen-bond donors (Lipinski definition) is 2. The predicted octanol–water partition coefficient (Wildman–Crippen LogP) is 2.01. The van der Waals surface area contributed by atoms with Crippen molar-refractivity contribution in [3.8, 4) is 0 Å². The lowest BCUT2D eigenvalue weighted by atomic mass is 9.74. The summed E-state index contributed by atoms with van der Waals surface area (Å²) in [5.41, 5.74) is 1.30. The van der Waals surface area contributed by atoms with Gasteiger partial charge in [-0.1, -0.05) is 19.3 Å². The second-order valence-electron chi connectivity index (χ2n) is 5.70. The van der Waals surface area contributed by atoms with Gasteiger partial charge in [0.25, 0.3) is 0 Å². The molecule has 1 heterocycles. The highest BCUT2D eigenvalue weighted by atomic mass is 16.3. The van der Waals surface area contributed by atoms with E-state index in [2.05, 4.69) is 17.3 Å². The van der Waals surface area contributed by atoms with Gasteiger partial charge < -0.3 is 10.4 Å². The van der Waals surface area contributed by atoms with Crippen LogP contribution in [-0.4, -0.2) is 28.0 Å². The summed E-state index contributed by atoms with van der Waals surface area (Å²) in [5.74, 6) is 0. The summed E-state index contributed by atoms with van der Waals surface area (Å²) < 4.78 is 1.91. The van der Waals surface area contributed by atoms with Crippen LogP contribution in [-0.2, 0) is 7.05 Å². The number of aliphatic hydroxyl groups is 1. The van der Waals surface area contributed by atoms with E-state index in [1.807, 2.05) is 24.0 Å². The fourth-order valence-corrected chi connectivity index (χ4v) is 2.98. The van der Waals surface area contributed by atoms with Gasteiger partial charge in [-0.2, -0.15) is 5.10 Å². The Hall–Kier alpha value is -0.870. The molecule has 1 aromatic rings. The number of aryl methyl sites for hydroxylation is 1. The van der Waals surface area contributed by atoms with Crippen LogP contribution in [0.4, 0.5) is 0 Å². The highest BCUT2D eigenvalue weighted by molar-refractivity contribution is 5.05. The van der Waals surface area contributed by atoms with Gasteiger partial charge in [-0.3, -0.25) is 4.68 Å². The van der Waals surface area contributed by atoms with Crippen molar-refractivity contribution >= 4 is 0 Å². The fourth-order valence-electron chi connectivity index (χ4n) is 2.98. The first-order chi connectivity index (χ1) is 8.67. The van der Waals surface area contributed by atoms with E-state index in [0.717, 1.165) is 19.4 Å². The normalized spacial score (nSPS) is 20.8. The average Bonchev–Trinajstić information content (AvgIpc) is 2.83. The van der Waals surface area contributed by atoms with Crippen LogP contribution < -0.4 is 5.32 Å². The predicted molar refractivity (Wildman–Crippen MR) is 72.2 cm³/mol. The molecule has 4 heteroatoms. The lowest BCUT2D eigenvalue weighted by molar-refractivity contribution is 0.0786. The summed E-state index contributed by atoms with van der Waals surface area (Å²) in [6.45, 7) is 3.36. The van der Waals surface area contributed by atoms with E-state index in [1.54, 1.807) is 0 Å². The molecule has 1 aromatic heterocycles. The number of aliphatic hydroxyl groups excluding tert-OH is 1. The first kappa shape index (κ1) is 13.6. The van der Waals surface area contributed by atoms with Gasteiger partial charge in [-0.05, 0) is 25.8 Å². The third kappa shape index (κ3) is 2.93. The van der Waals surface area contributed by atoms with E-state index < -0.39 is 0 Å². The largest absolute Gasteiger partial charge is 0.396 e. The van der Waals surface area contributed by atoms with Crippen molar-refractivity contribution in [2.75, 3.05) is 13.2 Å². The van der Waals surface area contributed by atoms with Crippen LogP contribution in [0.1, 0.15) is 50.8 Å². The second-order valence-corrected chi connectivity index (χ2v) is 5.70. The lowest BCUT2D eigenvalue weighted by Crippen LogP contribution is -2.40. The van der Waals surface area contributed by atoms with E-state index in [-0.39, 0.29) is 11.5 Å². The van der Waals surface area contributed by atoms with E-state index in [1.165, 1.54) is 25.0 Å². The zero-order valence-electron chi connectivity index (χ0n) is 11.5. The van der Waals surface area contributed by atoms with Crippen LogP contribution in [0.2, 0.25) is 0 Å². The van der Waals surface area contributed by atoms with Crippen molar-refractivity contribution in [3.05, 3.63) is 18.0 Å². The Bertz CT molecular complexity index is 369. The van der Waals surface area contributed by atoms with E-state index in [0.29, 0.717) is 6.61 Å². The van der Waals surface area contributed by atoms with Crippen LogP contribution in [0.5, 0.6) is 0 Å². The molecule has 102 valence electrons. The molecule has 1 unspecified atom stereocenters. The van der Waals surface area contributed by atoms with Crippen molar-refractivity contribution in [2.45, 2.75) is 45.1 Å². The molecule has 1 atom stereocenters. The van der Waals surface area contributed by atoms with Crippen molar-refractivity contribution < 1.29 is 5.11 Å². The standard InChI is InChI=1S/C14H25N3O/c1-12(13-6-9-16-17(13)2)15-10-14(11-18)7-4-3-5-8-14/h6,9,12,15,18H,3-5,7-8,10-11H2,1-2H3. The van der Waals surface area contributed by atoms with E-state index in [9.17, 15) is 5.11 Å².